The maximum Gasteiger partial charge on any atom is 0.384 e. The van der Waals surface area contributed by atoms with Gasteiger partial charge in [-0.25, -0.2) is 4.39 Å². The van der Waals surface area contributed by atoms with Crippen molar-refractivity contribution in [2.45, 2.75) is 25.4 Å². The summed E-state index contributed by atoms with van der Waals surface area (Å²) < 4.78 is 54.2. The molecule has 0 bridgehead atoms. The van der Waals surface area contributed by atoms with Gasteiger partial charge in [-0.2, -0.15) is 13.2 Å². The molecular formula is C19H12F4IrN-. The Bertz CT molecular complexity index is 987. The topological polar surface area (TPSA) is 12.9 Å². The van der Waals surface area contributed by atoms with Gasteiger partial charge in [0.1, 0.15) is 0 Å². The van der Waals surface area contributed by atoms with Crippen LogP contribution in [0.2, 0.25) is 0 Å². The fourth-order valence-electron chi connectivity index (χ4n) is 3.58. The van der Waals surface area contributed by atoms with E-state index in [0.717, 1.165) is 16.3 Å². The van der Waals surface area contributed by atoms with Crippen LogP contribution in [0.4, 0.5) is 17.6 Å². The Labute approximate surface area is 155 Å². The molecule has 1 aliphatic carbocycles. The second kappa shape index (κ2) is 5.61. The fraction of sp³-hybridized carbons (Fsp3) is 0.211. The van der Waals surface area contributed by atoms with Crippen molar-refractivity contribution in [2.24, 2.45) is 0 Å². The average molecular weight is 523 g/mol. The Morgan fingerprint density at radius 1 is 1.12 bits per heavy atom. The molecule has 1 aromatic heterocycles. The quantitative estimate of drug-likeness (QED) is 0.281. The number of hydrogen-bond acceptors (Lipinski definition) is 1. The minimum Gasteiger partial charge on any atom is -0.304 e. The molecule has 6 heteroatoms. The van der Waals surface area contributed by atoms with E-state index < -0.39 is 23.0 Å². The van der Waals surface area contributed by atoms with Crippen LogP contribution in [0.15, 0.2) is 36.5 Å². The summed E-state index contributed by atoms with van der Waals surface area (Å²) >= 11 is 0. The van der Waals surface area contributed by atoms with Gasteiger partial charge in [-0.3, -0.25) is 0 Å². The smallest absolute Gasteiger partial charge is 0.304 e. The maximum absolute atomic E-state index is 14.9. The van der Waals surface area contributed by atoms with Crippen LogP contribution in [-0.2, 0) is 31.7 Å². The zero-order valence-corrected chi connectivity index (χ0v) is 15.7. The number of halogens is 4. The molecule has 0 saturated heterocycles. The van der Waals surface area contributed by atoms with Crippen LogP contribution >= 0.6 is 0 Å². The van der Waals surface area contributed by atoms with Gasteiger partial charge in [0.05, 0.1) is 5.82 Å². The van der Waals surface area contributed by atoms with Gasteiger partial charge in [-0.05, 0) is 33.5 Å². The van der Waals surface area contributed by atoms with E-state index in [1.165, 1.54) is 0 Å². The summed E-state index contributed by atoms with van der Waals surface area (Å²) in [6.07, 6.45) is -3.19. The molecule has 3 aromatic rings. The summed E-state index contributed by atoms with van der Waals surface area (Å²) in [5, 5.41) is 1.76. The van der Waals surface area contributed by atoms with Crippen LogP contribution in [0.1, 0.15) is 30.5 Å². The minimum absolute atomic E-state index is 0. The van der Waals surface area contributed by atoms with Crippen molar-refractivity contribution in [3.05, 3.63) is 65.1 Å². The largest absolute Gasteiger partial charge is 0.384 e. The summed E-state index contributed by atoms with van der Waals surface area (Å²) in [7, 11) is 0. The van der Waals surface area contributed by atoms with Gasteiger partial charge in [0.25, 0.3) is 0 Å². The zero-order valence-electron chi connectivity index (χ0n) is 13.3. The van der Waals surface area contributed by atoms with Crippen molar-refractivity contribution in [3.63, 3.8) is 0 Å². The molecule has 0 unspecified atom stereocenters. The number of alkyl halides is 3. The standard InChI is InChI=1S/C19H12F4N.Ir/c1-18(2)12-5-3-4-10-8-9-24-17(14(10)12)11-6-7-13(19(21,22)23)16(20)15(11)18;/h3-5,7-9H,1-2H3;/q-1;. The van der Waals surface area contributed by atoms with Crippen molar-refractivity contribution >= 4 is 10.8 Å². The molecule has 1 nitrogen and oxygen atoms in total. The number of aromatic nitrogens is 1. The Balaban J connectivity index is 0.00000182. The van der Waals surface area contributed by atoms with Gasteiger partial charge in [0.2, 0.25) is 0 Å². The molecule has 25 heavy (non-hydrogen) atoms. The summed E-state index contributed by atoms with van der Waals surface area (Å²) in [6, 6.07) is 10.7. The van der Waals surface area contributed by atoms with Crippen molar-refractivity contribution in [2.75, 3.05) is 0 Å². The van der Waals surface area contributed by atoms with Gasteiger partial charge in [-0.1, -0.05) is 37.6 Å². The third kappa shape index (κ3) is 2.42. The molecule has 131 valence electrons. The monoisotopic (exact) mass is 523 g/mol. The van der Waals surface area contributed by atoms with E-state index in [0.29, 0.717) is 17.3 Å². The third-order valence-corrected chi connectivity index (χ3v) is 4.70. The average Bonchev–Trinajstić information content (AvgIpc) is 2.51. The molecule has 0 aliphatic heterocycles. The second-order valence-corrected chi connectivity index (χ2v) is 6.45. The van der Waals surface area contributed by atoms with E-state index >= 15 is 0 Å². The van der Waals surface area contributed by atoms with Crippen LogP contribution < -0.4 is 0 Å². The van der Waals surface area contributed by atoms with E-state index in [4.69, 9.17) is 0 Å². The van der Waals surface area contributed by atoms with Crippen LogP contribution in [0, 0.1) is 11.9 Å². The molecule has 2 aromatic carbocycles. The number of benzene rings is 2. The number of nitrogens with zero attached hydrogens (tertiary/aromatic N) is 1. The van der Waals surface area contributed by atoms with Gasteiger partial charge in [0, 0.05) is 31.9 Å². The van der Waals surface area contributed by atoms with E-state index in [2.05, 4.69) is 11.1 Å². The Kier molecular flexibility index (Phi) is 4.05. The predicted molar refractivity (Wildman–Crippen MR) is 83.1 cm³/mol. The van der Waals surface area contributed by atoms with E-state index in [9.17, 15) is 17.6 Å². The van der Waals surface area contributed by atoms with Gasteiger partial charge >= 0.3 is 6.18 Å². The van der Waals surface area contributed by atoms with Crippen LogP contribution in [0.25, 0.3) is 22.0 Å². The molecule has 0 spiro atoms. The summed E-state index contributed by atoms with van der Waals surface area (Å²) in [6.45, 7) is 3.46. The van der Waals surface area contributed by atoms with E-state index in [1.54, 1.807) is 20.0 Å². The number of fused-ring (bicyclic) bond motifs is 2. The number of rotatable bonds is 0. The van der Waals surface area contributed by atoms with Crippen molar-refractivity contribution in [1.29, 1.82) is 0 Å². The maximum atomic E-state index is 14.9. The molecule has 0 atom stereocenters. The molecule has 1 radical (unpaired) electrons. The molecule has 0 saturated carbocycles. The molecule has 1 aliphatic rings. The first kappa shape index (κ1) is 18.0. The van der Waals surface area contributed by atoms with Crippen molar-refractivity contribution in [3.8, 4) is 11.3 Å². The van der Waals surface area contributed by atoms with Crippen LogP contribution in [-0.4, -0.2) is 4.98 Å². The van der Waals surface area contributed by atoms with Gasteiger partial charge < -0.3 is 4.98 Å². The summed E-state index contributed by atoms with van der Waals surface area (Å²) in [4.78, 5) is 4.30. The molecule has 0 N–H and O–H groups in total. The second-order valence-electron chi connectivity index (χ2n) is 6.45. The zero-order chi connectivity index (χ0) is 17.3. The fourth-order valence-corrected chi connectivity index (χ4v) is 3.58. The molecule has 0 fully saturated rings. The number of pyridine rings is 1. The van der Waals surface area contributed by atoms with E-state index in [1.807, 2.05) is 24.3 Å². The Morgan fingerprint density at radius 2 is 1.84 bits per heavy atom. The van der Waals surface area contributed by atoms with Crippen LogP contribution in [0.5, 0.6) is 0 Å². The normalized spacial score (nSPS) is 14.8. The molecule has 0 amide bonds. The molecule has 4 rings (SSSR count). The minimum atomic E-state index is -4.76. The predicted octanol–water partition coefficient (Wildman–Crippen LogP) is 5.50. The Morgan fingerprint density at radius 3 is 2.52 bits per heavy atom. The van der Waals surface area contributed by atoms with E-state index in [-0.39, 0.29) is 25.7 Å². The Hall–Kier alpha value is -1.78. The first-order valence-electron chi connectivity index (χ1n) is 7.43. The van der Waals surface area contributed by atoms with Gasteiger partial charge in [-0.15, -0.1) is 17.7 Å². The summed E-state index contributed by atoms with van der Waals surface area (Å²) in [5.41, 5.74) is -0.675. The first-order valence-corrected chi connectivity index (χ1v) is 7.43. The first-order chi connectivity index (χ1) is 11.2. The molecular weight excluding hydrogens is 510 g/mol. The third-order valence-electron chi connectivity index (χ3n) is 4.70. The SMILES string of the molecule is CC1(C)c2c([c-]cc(C(F)(F)F)c2F)-c2nccc3cccc1c23.[Ir]. The van der Waals surface area contributed by atoms with Crippen molar-refractivity contribution in [1.82, 2.24) is 4.98 Å². The summed E-state index contributed by atoms with van der Waals surface area (Å²) in [5.74, 6) is -1.24. The van der Waals surface area contributed by atoms with Crippen LogP contribution in [0.3, 0.4) is 0 Å². The number of hydrogen-bond donors (Lipinski definition) is 0. The molecule has 1 heterocycles. The van der Waals surface area contributed by atoms with Crippen molar-refractivity contribution < 1.29 is 37.7 Å². The van der Waals surface area contributed by atoms with Gasteiger partial charge in [0.15, 0.2) is 0 Å².